The number of nitrogens with one attached hydrogen (secondary N) is 2. The molecule has 1 saturated heterocycles. The zero-order valence-electron chi connectivity index (χ0n) is 17.8. The Morgan fingerprint density at radius 1 is 1.06 bits per heavy atom. The summed E-state index contributed by atoms with van der Waals surface area (Å²) in [5.74, 6) is 1.53. The molecular formula is C22H29N3O5S. The van der Waals surface area contributed by atoms with E-state index in [9.17, 15) is 13.2 Å². The van der Waals surface area contributed by atoms with Gasteiger partial charge in [-0.05, 0) is 49.4 Å². The van der Waals surface area contributed by atoms with Crippen LogP contribution in [0.4, 0.5) is 10.5 Å². The fraction of sp³-hybridized carbons (Fsp3) is 0.409. The molecule has 0 aliphatic carbocycles. The largest absolute Gasteiger partial charge is 0.497 e. The van der Waals surface area contributed by atoms with Gasteiger partial charge in [-0.25, -0.2) is 13.2 Å². The Hall–Kier alpha value is -2.78. The number of urea groups is 1. The van der Waals surface area contributed by atoms with Crippen molar-refractivity contribution in [3.63, 3.8) is 0 Å². The number of nitrogens with zero attached hydrogens (tertiary/aromatic N) is 1. The molecule has 0 unspecified atom stereocenters. The van der Waals surface area contributed by atoms with Crippen molar-refractivity contribution in [2.24, 2.45) is 5.92 Å². The number of hydrogen-bond donors (Lipinski definition) is 2. The van der Waals surface area contributed by atoms with Crippen molar-refractivity contribution < 1.29 is 22.7 Å². The molecule has 0 aromatic heterocycles. The average Bonchev–Trinajstić information content (AvgIpc) is 2.80. The van der Waals surface area contributed by atoms with E-state index in [0.717, 1.165) is 19.3 Å². The van der Waals surface area contributed by atoms with E-state index >= 15 is 0 Å². The van der Waals surface area contributed by atoms with Crippen LogP contribution < -0.4 is 20.1 Å². The number of carbonyl (C=O) groups is 1. The van der Waals surface area contributed by atoms with E-state index < -0.39 is 10.0 Å². The first-order chi connectivity index (χ1) is 14.9. The summed E-state index contributed by atoms with van der Waals surface area (Å²) in [5, 5.41) is 5.63. The molecule has 0 saturated carbocycles. The van der Waals surface area contributed by atoms with Crippen LogP contribution in [0.1, 0.15) is 19.3 Å². The van der Waals surface area contributed by atoms with Crippen LogP contribution in [0.25, 0.3) is 0 Å². The zero-order chi connectivity index (χ0) is 22.3. The van der Waals surface area contributed by atoms with Gasteiger partial charge >= 0.3 is 6.03 Å². The summed E-state index contributed by atoms with van der Waals surface area (Å²) in [6, 6.07) is 13.4. The number of anilines is 1. The van der Waals surface area contributed by atoms with Gasteiger partial charge in [-0.2, -0.15) is 4.31 Å². The molecule has 2 N–H and O–H groups in total. The van der Waals surface area contributed by atoms with Crippen LogP contribution in [-0.2, 0) is 10.0 Å². The van der Waals surface area contributed by atoms with E-state index in [1.54, 1.807) is 59.9 Å². The number of rotatable bonds is 8. The van der Waals surface area contributed by atoms with E-state index in [1.807, 2.05) is 0 Å². The minimum atomic E-state index is -3.43. The van der Waals surface area contributed by atoms with E-state index in [1.165, 1.54) is 7.11 Å². The maximum absolute atomic E-state index is 12.7. The Kier molecular flexibility index (Phi) is 7.75. The third-order valence-corrected chi connectivity index (χ3v) is 7.36. The second kappa shape index (κ2) is 10.5. The number of piperidine rings is 1. The maximum Gasteiger partial charge on any atom is 0.319 e. The van der Waals surface area contributed by atoms with Crippen LogP contribution in [0.3, 0.4) is 0 Å². The summed E-state index contributed by atoms with van der Waals surface area (Å²) in [4.78, 5) is 12.6. The number of carbonyl (C=O) groups excluding carboxylic acids is 1. The van der Waals surface area contributed by atoms with Gasteiger partial charge in [0.2, 0.25) is 10.0 Å². The molecule has 31 heavy (non-hydrogen) atoms. The number of ether oxygens (including phenoxy) is 2. The third kappa shape index (κ3) is 5.89. The Morgan fingerprint density at radius 3 is 2.42 bits per heavy atom. The molecule has 1 heterocycles. The molecule has 3 rings (SSSR count). The van der Waals surface area contributed by atoms with Gasteiger partial charge in [0.15, 0.2) is 0 Å². The van der Waals surface area contributed by atoms with Crippen molar-refractivity contribution in [3.8, 4) is 11.5 Å². The quantitative estimate of drug-likeness (QED) is 0.647. The normalized spacial score (nSPS) is 15.3. The summed E-state index contributed by atoms with van der Waals surface area (Å²) >= 11 is 0. The monoisotopic (exact) mass is 447 g/mol. The molecule has 2 amide bonds. The second-order valence-corrected chi connectivity index (χ2v) is 9.33. The summed E-state index contributed by atoms with van der Waals surface area (Å²) in [6.07, 6.45) is 2.36. The van der Waals surface area contributed by atoms with Crippen molar-refractivity contribution in [2.45, 2.75) is 24.2 Å². The molecule has 0 bridgehead atoms. The highest BCUT2D eigenvalue weighted by atomic mass is 32.2. The van der Waals surface area contributed by atoms with E-state index in [-0.39, 0.29) is 6.03 Å². The van der Waals surface area contributed by atoms with Gasteiger partial charge < -0.3 is 20.1 Å². The lowest BCUT2D eigenvalue weighted by Crippen LogP contribution is -2.39. The highest BCUT2D eigenvalue weighted by Gasteiger charge is 2.29. The second-order valence-electron chi connectivity index (χ2n) is 7.40. The van der Waals surface area contributed by atoms with Crippen LogP contribution in [0.5, 0.6) is 11.5 Å². The number of hydrogen-bond acceptors (Lipinski definition) is 5. The van der Waals surface area contributed by atoms with Crippen molar-refractivity contribution >= 4 is 21.7 Å². The Morgan fingerprint density at radius 2 is 1.77 bits per heavy atom. The predicted molar refractivity (Wildman–Crippen MR) is 119 cm³/mol. The smallest absolute Gasteiger partial charge is 0.319 e. The van der Waals surface area contributed by atoms with Gasteiger partial charge in [0.1, 0.15) is 11.5 Å². The van der Waals surface area contributed by atoms with Gasteiger partial charge in [0.25, 0.3) is 0 Å². The first kappa shape index (κ1) is 22.9. The maximum atomic E-state index is 12.7. The van der Waals surface area contributed by atoms with Crippen molar-refractivity contribution in [1.29, 1.82) is 0 Å². The number of sulfonamides is 1. The van der Waals surface area contributed by atoms with E-state index in [4.69, 9.17) is 9.47 Å². The van der Waals surface area contributed by atoms with Crippen LogP contribution >= 0.6 is 0 Å². The molecule has 1 fully saturated rings. The summed E-state index contributed by atoms with van der Waals surface area (Å²) in [5.41, 5.74) is 0.556. The van der Waals surface area contributed by atoms with Gasteiger partial charge in [0.05, 0.1) is 24.8 Å². The average molecular weight is 448 g/mol. The van der Waals surface area contributed by atoms with E-state index in [2.05, 4.69) is 10.6 Å². The highest BCUT2D eigenvalue weighted by molar-refractivity contribution is 7.89. The Bertz CT molecular complexity index is 974. The standard InChI is InChI=1S/C22H29N3O5S/c1-29-18-8-9-20(21(16-18)30-2)24-22(26)23-13-10-17-11-14-25(15-12-17)31(27,28)19-6-4-3-5-7-19/h3-9,16-17H,10-15H2,1-2H3,(H2,23,24,26). The van der Waals surface area contributed by atoms with E-state index in [0.29, 0.717) is 47.6 Å². The molecule has 0 radical (unpaired) electrons. The van der Waals surface area contributed by atoms with Gasteiger partial charge in [0, 0.05) is 25.7 Å². The summed E-state index contributed by atoms with van der Waals surface area (Å²) < 4.78 is 37.4. The molecule has 2 aromatic rings. The molecule has 0 spiro atoms. The van der Waals surface area contributed by atoms with Gasteiger partial charge in [-0.3, -0.25) is 0 Å². The first-order valence-electron chi connectivity index (χ1n) is 10.3. The minimum absolute atomic E-state index is 0.312. The molecule has 2 aromatic carbocycles. The SMILES string of the molecule is COc1ccc(NC(=O)NCCC2CCN(S(=O)(=O)c3ccccc3)CC2)c(OC)c1. The zero-order valence-corrected chi connectivity index (χ0v) is 18.7. The van der Waals surface area contributed by atoms with Crippen LogP contribution in [0.15, 0.2) is 53.4 Å². The van der Waals surface area contributed by atoms with Gasteiger partial charge in [-0.15, -0.1) is 0 Å². The highest BCUT2D eigenvalue weighted by Crippen LogP contribution is 2.29. The molecule has 1 aliphatic rings. The lowest BCUT2D eigenvalue weighted by atomic mass is 9.95. The van der Waals surface area contributed by atoms with Crippen LogP contribution in [0, 0.1) is 5.92 Å². The third-order valence-electron chi connectivity index (χ3n) is 5.45. The van der Waals surface area contributed by atoms with Gasteiger partial charge in [-0.1, -0.05) is 18.2 Å². The summed E-state index contributed by atoms with van der Waals surface area (Å²) in [6.45, 7) is 1.51. The van der Waals surface area contributed by atoms with Crippen molar-refractivity contribution in [3.05, 3.63) is 48.5 Å². The van der Waals surface area contributed by atoms with Crippen molar-refractivity contribution in [2.75, 3.05) is 39.2 Å². The minimum Gasteiger partial charge on any atom is -0.497 e. The Labute approximate surface area is 183 Å². The lowest BCUT2D eigenvalue weighted by molar-refractivity contribution is 0.245. The number of amides is 2. The molecule has 8 nitrogen and oxygen atoms in total. The number of benzene rings is 2. The molecule has 168 valence electrons. The fourth-order valence-corrected chi connectivity index (χ4v) is 5.13. The summed E-state index contributed by atoms with van der Waals surface area (Å²) in [7, 11) is -0.337. The predicted octanol–water partition coefficient (Wildman–Crippen LogP) is 3.32. The molecule has 0 atom stereocenters. The Balaban J connectivity index is 1.43. The lowest BCUT2D eigenvalue weighted by Gasteiger charge is -2.31. The fourth-order valence-electron chi connectivity index (χ4n) is 3.64. The first-order valence-corrected chi connectivity index (χ1v) is 11.7. The molecule has 9 heteroatoms. The molecular weight excluding hydrogens is 418 g/mol. The number of methoxy groups -OCH3 is 2. The van der Waals surface area contributed by atoms with Crippen LogP contribution in [-0.4, -0.2) is 52.6 Å². The van der Waals surface area contributed by atoms with Crippen LogP contribution in [0.2, 0.25) is 0 Å². The molecule has 1 aliphatic heterocycles. The topological polar surface area (TPSA) is 97.0 Å². The van der Waals surface area contributed by atoms with Crippen molar-refractivity contribution in [1.82, 2.24) is 9.62 Å².